The highest BCUT2D eigenvalue weighted by molar-refractivity contribution is 5.66. The standard InChI is InChI=1S/C19H14F2N6/c1-19(20,21)15-12-13(8-9-14(15)16-6-2-4-10-22-16)27-25-18(24-26-27)17-7-3-5-11-23-17/h2-12H,1H3. The molecule has 8 heteroatoms. The minimum atomic E-state index is -3.06. The number of pyridine rings is 2. The van der Waals surface area contributed by atoms with Gasteiger partial charge in [0.05, 0.1) is 11.4 Å². The third-order valence-corrected chi connectivity index (χ3v) is 3.96. The van der Waals surface area contributed by atoms with Crippen LogP contribution in [0.1, 0.15) is 12.5 Å². The van der Waals surface area contributed by atoms with E-state index in [2.05, 4.69) is 25.4 Å². The summed E-state index contributed by atoms with van der Waals surface area (Å²) < 4.78 is 28.5. The second-order valence-corrected chi connectivity index (χ2v) is 5.95. The van der Waals surface area contributed by atoms with E-state index in [0.717, 1.165) is 6.92 Å². The number of alkyl halides is 2. The molecule has 0 N–H and O–H groups in total. The van der Waals surface area contributed by atoms with E-state index in [0.29, 0.717) is 28.5 Å². The van der Waals surface area contributed by atoms with Crippen LogP contribution < -0.4 is 0 Å². The molecule has 0 amide bonds. The summed E-state index contributed by atoms with van der Waals surface area (Å²) in [6, 6.07) is 15.1. The number of halogens is 2. The minimum absolute atomic E-state index is 0.157. The summed E-state index contributed by atoms with van der Waals surface area (Å²) in [6.45, 7) is 0.854. The fourth-order valence-electron chi connectivity index (χ4n) is 2.69. The zero-order valence-electron chi connectivity index (χ0n) is 14.3. The molecule has 1 aromatic carbocycles. The molecule has 4 rings (SSSR count). The average molecular weight is 364 g/mol. The Bertz CT molecular complexity index is 1060. The van der Waals surface area contributed by atoms with Gasteiger partial charge in [0.25, 0.3) is 5.92 Å². The molecule has 0 radical (unpaired) electrons. The van der Waals surface area contributed by atoms with Gasteiger partial charge in [-0.3, -0.25) is 9.97 Å². The van der Waals surface area contributed by atoms with Gasteiger partial charge in [-0.05, 0) is 41.6 Å². The normalized spacial score (nSPS) is 11.5. The number of hydrogen-bond acceptors (Lipinski definition) is 5. The van der Waals surface area contributed by atoms with Crippen LogP contribution in [0.15, 0.2) is 67.0 Å². The van der Waals surface area contributed by atoms with Crippen molar-refractivity contribution < 1.29 is 8.78 Å². The Morgan fingerprint density at radius 3 is 2.22 bits per heavy atom. The fourth-order valence-corrected chi connectivity index (χ4v) is 2.69. The number of aromatic nitrogens is 6. The van der Waals surface area contributed by atoms with Crippen LogP contribution in [-0.4, -0.2) is 30.2 Å². The summed E-state index contributed by atoms with van der Waals surface area (Å²) in [4.78, 5) is 9.55. The van der Waals surface area contributed by atoms with E-state index < -0.39 is 5.92 Å². The van der Waals surface area contributed by atoms with Gasteiger partial charge in [0, 0.05) is 30.4 Å². The predicted molar refractivity (Wildman–Crippen MR) is 95.2 cm³/mol. The van der Waals surface area contributed by atoms with E-state index in [1.807, 2.05) is 0 Å². The maximum absolute atomic E-state index is 14.3. The Hall–Kier alpha value is -3.55. The van der Waals surface area contributed by atoms with Crippen molar-refractivity contribution in [2.24, 2.45) is 0 Å². The van der Waals surface area contributed by atoms with E-state index in [-0.39, 0.29) is 5.56 Å². The molecule has 0 spiro atoms. The summed E-state index contributed by atoms with van der Waals surface area (Å²) in [5.74, 6) is -2.75. The van der Waals surface area contributed by atoms with Crippen LogP contribution in [0.5, 0.6) is 0 Å². The van der Waals surface area contributed by atoms with Crippen LogP contribution >= 0.6 is 0 Å². The molecule has 3 aromatic heterocycles. The smallest absolute Gasteiger partial charge is 0.256 e. The molecule has 27 heavy (non-hydrogen) atoms. The van der Waals surface area contributed by atoms with E-state index in [1.165, 1.54) is 10.9 Å². The van der Waals surface area contributed by atoms with Crippen LogP contribution in [0, 0.1) is 0 Å². The van der Waals surface area contributed by atoms with Gasteiger partial charge in [-0.2, -0.15) is 0 Å². The van der Waals surface area contributed by atoms with Crippen molar-refractivity contribution in [2.45, 2.75) is 12.8 Å². The van der Waals surface area contributed by atoms with E-state index in [4.69, 9.17) is 0 Å². The highest BCUT2D eigenvalue weighted by Crippen LogP contribution is 2.36. The molecular formula is C19H14F2N6. The fraction of sp³-hybridized carbons (Fsp3) is 0.105. The van der Waals surface area contributed by atoms with Crippen LogP contribution in [0.2, 0.25) is 0 Å². The maximum atomic E-state index is 14.3. The topological polar surface area (TPSA) is 69.4 Å². The first kappa shape index (κ1) is 16.9. The van der Waals surface area contributed by atoms with Gasteiger partial charge in [0.15, 0.2) is 0 Å². The second-order valence-electron chi connectivity index (χ2n) is 5.95. The highest BCUT2D eigenvalue weighted by Gasteiger charge is 2.29. The minimum Gasteiger partial charge on any atom is -0.256 e. The Morgan fingerprint density at radius 1 is 0.889 bits per heavy atom. The number of rotatable bonds is 4. The maximum Gasteiger partial charge on any atom is 0.271 e. The molecule has 4 aromatic rings. The summed E-state index contributed by atoms with van der Waals surface area (Å²) in [6.07, 6.45) is 3.19. The van der Waals surface area contributed by atoms with Gasteiger partial charge in [-0.1, -0.05) is 18.2 Å². The molecule has 0 saturated carbocycles. The second kappa shape index (κ2) is 6.64. The number of hydrogen-bond donors (Lipinski definition) is 0. The summed E-state index contributed by atoms with van der Waals surface area (Å²) in [7, 11) is 0. The first-order chi connectivity index (χ1) is 13.0. The lowest BCUT2D eigenvalue weighted by Crippen LogP contribution is -2.11. The molecule has 0 aliphatic heterocycles. The van der Waals surface area contributed by atoms with Gasteiger partial charge >= 0.3 is 0 Å². The quantitative estimate of drug-likeness (QED) is 0.549. The van der Waals surface area contributed by atoms with E-state index in [1.54, 1.807) is 60.9 Å². The van der Waals surface area contributed by atoms with Gasteiger partial charge in [0.2, 0.25) is 5.82 Å². The molecule has 0 atom stereocenters. The number of benzene rings is 1. The lowest BCUT2D eigenvalue weighted by Gasteiger charge is -2.16. The van der Waals surface area contributed by atoms with Crippen LogP contribution in [0.25, 0.3) is 28.5 Å². The summed E-state index contributed by atoms with van der Waals surface area (Å²) in [5.41, 5.74) is 1.60. The van der Waals surface area contributed by atoms with Crippen LogP contribution in [-0.2, 0) is 5.92 Å². The van der Waals surface area contributed by atoms with Crippen molar-refractivity contribution in [2.75, 3.05) is 0 Å². The number of tetrazole rings is 1. The molecule has 0 unspecified atom stereocenters. The molecule has 0 saturated heterocycles. The van der Waals surface area contributed by atoms with Crippen molar-refractivity contribution in [3.05, 3.63) is 72.6 Å². The van der Waals surface area contributed by atoms with E-state index >= 15 is 0 Å². The average Bonchev–Trinajstić information content (AvgIpc) is 3.18. The molecule has 3 heterocycles. The van der Waals surface area contributed by atoms with Crippen LogP contribution in [0.4, 0.5) is 8.78 Å². The third kappa shape index (κ3) is 3.41. The lowest BCUT2D eigenvalue weighted by molar-refractivity contribution is 0.0180. The zero-order valence-corrected chi connectivity index (χ0v) is 14.3. The summed E-state index contributed by atoms with van der Waals surface area (Å²) >= 11 is 0. The molecule has 134 valence electrons. The van der Waals surface area contributed by atoms with E-state index in [9.17, 15) is 8.78 Å². The monoisotopic (exact) mass is 364 g/mol. The SMILES string of the molecule is CC(F)(F)c1cc(-n2nnc(-c3ccccn3)n2)ccc1-c1ccccn1. The van der Waals surface area contributed by atoms with Gasteiger partial charge in [-0.25, -0.2) is 8.78 Å². The Balaban J connectivity index is 1.78. The summed E-state index contributed by atoms with van der Waals surface area (Å²) in [5, 5.41) is 12.2. The first-order valence-corrected chi connectivity index (χ1v) is 8.18. The van der Waals surface area contributed by atoms with Crippen molar-refractivity contribution in [3.63, 3.8) is 0 Å². The van der Waals surface area contributed by atoms with Crippen molar-refractivity contribution in [3.8, 4) is 28.5 Å². The van der Waals surface area contributed by atoms with Gasteiger partial charge < -0.3 is 0 Å². The Labute approximate surface area is 153 Å². The van der Waals surface area contributed by atoms with Gasteiger partial charge in [-0.15, -0.1) is 15.0 Å². The molecule has 0 fully saturated rings. The third-order valence-electron chi connectivity index (χ3n) is 3.96. The van der Waals surface area contributed by atoms with Crippen molar-refractivity contribution >= 4 is 0 Å². The van der Waals surface area contributed by atoms with Gasteiger partial charge in [0.1, 0.15) is 5.69 Å². The molecule has 0 bridgehead atoms. The van der Waals surface area contributed by atoms with Crippen LogP contribution in [0.3, 0.4) is 0 Å². The van der Waals surface area contributed by atoms with Crippen molar-refractivity contribution in [1.82, 2.24) is 30.2 Å². The Morgan fingerprint density at radius 2 is 1.59 bits per heavy atom. The lowest BCUT2D eigenvalue weighted by atomic mass is 9.98. The number of nitrogens with zero attached hydrogens (tertiary/aromatic N) is 6. The molecule has 0 aliphatic rings. The molecule has 6 nitrogen and oxygen atoms in total. The zero-order chi connectivity index (χ0) is 18.9. The predicted octanol–water partition coefficient (Wildman–Crippen LogP) is 3.90. The molecule has 0 aliphatic carbocycles. The molecular weight excluding hydrogens is 350 g/mol. The first-order valence-electron chi connectivity index (χ1n) is 8.18. The largest absolute Gasteiger partial charge is 0.271 e. The highest BCUT2D eigenvalue weighted by atomic mass is 19.3. The van der Waals surface area contributed by atoms with Crippen molar-refractivity contribution in [1.29, 1.82) is 0 Å². The Kier molecular flexibility index (Phi) is 4.15.